The molecule has 0 saturated carbocycles. The quantitative estimate of drug-likeness (QED) is 0.604. The van der Waals surface area contributed by atoms with Gasteiger partial charge in [0.05, 0.1) is 6.54 Å². The smallest absolute Gasteiger partial charge is 0.251 e. The van der Waals surface area contributed by atoms with Crippen LogP contribution < -0.4 is 10.6 Å². The predicted molar refractivity (Wildman–Crippen MR) is 108 cm³/mol. The molecule has 2 N–H and O–H groups in total. The number of hydrogen-bond donors (Lipinski definition) is 2. The molecule has 0 fully saturated rings. The second-order valence-corrected chi connectivity index (χ2v) is 6.37. The first-order chi connectivity index (χ1) is 12.5. The molecule has 0 aliphatic heterocycles. The molecule has 0 unspecified atom stereocenters. The zero-order valence-electron chi connectivity index (χ0n) is 15.4. The maximum absolute atomic E-state index is 11.8. The Morgan fingerprint density at radius 2 is 1.88 bits per heavy atom. The lowest BCUT2D eigenvalue weighted by Crippen LogP contribution is -2.38. The zero-order chi connectivity index (χ0) is 18.9. The van der Waals surface area contributed by atoms with E-state index >= 15 is 0 Å². The van der Waals surface area contributed by atoms with E-state index in [1.807, 2.05) is 56.4 Å². The number of nitrogens with zero attached hydrogens (tertiary/aromatic N) is 2. The lowest BCUT2D eigenvalue weighted by molar-refractivity contribution is 0.0963. The van der Waals surface area contributed by atoms with Gasteiger partial charge in [-0.1, -0.05) is 35.9 Å². The standard InChI is InChI=1S/C20H25ClN4O/c1-4-23-20(25(3)14-16-8-6-10-18(21)12-16)24-13-15-7-5-9-17(11-15)19(26)22-2/h5-12H,4,13-14H2,1-3H3,(H,22,26)(H,23,24). The van der Waals surface area contributed by atoms with Crippen LogP contribution in [0.5, 0.6) is 0 Å². The fourth-order valence-corrected chi connectivity index (χ4v) is 2.79. The van der Waals surface area contributed by atoms with E-state index in [9.17, 15) is 4.79 Å². The van der Waals surface area contributed by atoms with Crippen LogP contribution in [0.4, 0.5) is 0 Å². The van der Waals surface area contributed by atoms with E-state index in [4.69, 9.17) is 16.6 Å². The van der Waals surface area contributed by atoms with Gasteiger partial charge in [0.2, 0.25) is 0 Å². The summed E-state index contributed by atoms with van der Waals surface area (Å²) in [6.07, 6.45) is 0. The summed E-state index contributed by atoms with van der Waals surface area (Å²) in [5.41, 5.74) is 2.74. The van der Waals surface area contributed by atoms with Crippen LogP contribution in [-0.2, 0) is 13.1 Å². The maximum Gasteiger partial charge on any atom is 0.251 e. The molecule has 0 spiro atoms. The van der Waals surface area contributed by atoms with Gasteiger partial charge in [0.25, 0.3) is 5.91 Å². The van der Waals surface area contributed by atoms with Gasteiger partial charge in [-0.25, -0.2) is 4.99 Å². The third-order valence-electron chi connectivity index (χ3n) is 3.83. The van der Waals surface area contributed by atoms with Crippen molar-refractivity contribution in [1.29, 1.82) is 0 Å². The lowest BCUT2D eigenvalue weighted by Gasteiger charge is -2.22. The van der Waals surface area contributed by atoms with E-state index in [0.29, 0.717) is 18.7 Å². The van der Waals surface area contributed by atoms with Crippen LogP contribution in [-0.4, -0.2) is 37.4 Å². The number of rotatable bonds is 6. The van der Waals surface area contributed by atoms with Gasteiger partial charge in [-0.05, 0) is 42.3 Å². The van der Waals surface area contributed by atoms with Gasteiger partial charge in [0, 0.05) is 37.8 Å². The minimum absolute atomic E-state index is 0.0965. The third-order valence-corrected chi connectivity index (χ3v) is 4.07. The van der Waals surface area contributed by atoms with Crippen molar-refractivity contribution in [2.75, 3.05) is 20.6 Å². The van der Waals surface area contributed by atoms with Gasteiger partial charge >= 0.3 is 0 Å². The lowest BCUT2D eigenvalue weighted by atomic mass is 10.1. The number of carbonyl (C=O) groups excluding carboxylic acids is 1. The van der Waals surface area contributed by atoms with E-state index < -0.39 is 0 Å². The minimum Gasteiger partial charge on any atom is -0.357 e. The number of amides is 1. The average Bonchev–Trinajstić information content (AvgIpc) is 2.64. The van der Waals surface area contributed by atoms with Crippen molar-refractivity contribution in [3.05, 3.63) is 70.2 Å². The van der Waals surface area contributed by atoms with E-state index in [0.717, 1.165) is 28.7 Å². The molecule has 2 aromatic rings. The molecule has 2 aromatic carbocycles. The summed E-state index contributed by atoms with van der Waals surface area (Å²) in [5.74, 6) is 0.707. The Labute approximate surface area is 160 Å². The SMILES string of the molecule is CCNC(=NCc1cccc(C(=O)NC)c1)N(C)Cc1cccc(Cl)c1. The largest absolute Gasteiger partial charge is 0.357 e. The molecule has 0 aromatic heterocycles. The molecule has 0 radical (unpaired) electrons. The van der Waals surface area contributed by atoms with Gasteiger partial charge in [-0.2, -0.15) is 0 Å². The molecule has 6 heteroatoms. The summed E-state index contributed by atoms with van der Waals surface area (Å²) in [6, 6.07) is 15.3. The number of nitrogens with one attached hydrogen (secondary N) is 2. The number of aliphatic imine (C=N–C) groups is 1. The number of halogens is 1. The van der Waals surface area contributed by atoms with E-state index in [-0.39, 0.29) is 5.91 Å². The Balaban J connectivity index is 2.11. The Morgan fingerprint density at radius 3 is 2.58 bits per heavy atom. The van der Waals surface area contributed by atoms with Crippen LogP contribution in [0.15, 0.2) is 53.5 Å². The molecule has 5 nitrogen and oxygen atoms in total. The highest BCUT2D eigenvalue weighted by Gasteiger charge is 2.08. The van der Waals surface area contributed by atoms with Crippen molar-refractivity contribution in [2.45, 2.75) is 20.0 Å². The number of guanidine groups is 1. The summed E-state index contributed by atoms with van der Waals surface area (Å²) in [6.45, 7) is 4.00. The molecule has 0 aliphatic rings. The molecule has 138 valence electrons. The van der Waals surface area contributed by atoms with Gasteiger partial charge in [0.15, 0.2) is 5.96 Å². The van der Waals surface area contributed by atoms with Crippen LogP contribution >= 0.6 is 11.6 Å². The van der Waals surface area contributed by atoms with Crippen molar-refractivity contribution < 1.29 is 4.79 Å². The van der Waals surface area contributed by atoms with Crippen molar-refractivity contribution in [3.63, 3.8) is 0 Å². The Kier molecular flexibility index (Phi) is 7.48. The molecule has 0 saturated heterocycles. The third kappa shape index (κ3) is 5.77. The maximum atomic E-state index is 11.8. The first kappa shape index (κ1) is 19.8. The second kappa shape index (κ2) is 9.82. The van der Waals surface area contributed by atoms with Gasteiger partial charge in [-0.3, -0.25) is 4.79 Å². The summed E-state index contributed by atoms with van der Waals surface area (Å²) in [4.78, 5) is 18.5. The number of benzene rings is 2. The highest BCUT2D eigenvalue weighted by Crippen LogP contribution is 2.12. The van der Waals surface area contributed by atoms with Gasteiger partial charge < -0.3 is 15.5 Å². The van der Waals surface area contributed by atoms with Crippen LogP contribution in [0.3, 0.4) is 0 Å². The molecular formula is C20H25ClN4O. The molecule has 0 aliphatic carbocycles. The predicted octanol–water partition coefficient (Wildman–Crippen LogP) is 3.30. The topological polar surface area (TPSA) is 56.7 Å². The van der Waals surface area contributed by atoms with Crippen molar-refractivity contribution in [3.8, 4) is 0 Å². The molecule has 0 bridgehead atoms. The Bertz CT molecular complexity index is 776. The molecule has 26 heavy (non-hydrogen) atoms. The van der Waals surface area contributed by atoms with Crippen molar-refractivity contribution in [2.24, 2.45) is 4.99 Å². The fraction of sp³-hybridized carbons (Fsp3) is 0.300. The van der Waals surface area contributed by atoms with Gasteiger partial charge in [-0.15, -0.1) is 0 Å². The highest BCUT2D eigenvalue weighted by molar-refractivity contribution is 6.30. The van der Waals surface area contributed by atoms with Crippen LogP contribution in [0.1, 0.15) is 28.4 Å². The van der Waals surface area contributed by atoms with Crippen molar-refractivity contribution >= 4 is 23.5 Å². The molecular weight excluding hydrogens is 348 g/mol. The summed E-state index contributed by atoms with van der Waals surface area (Å²) >= 11 is 6.07. The summed E-state index contributed by atoms with van der Waals surface area (Å²) in [5, 5.41) is 6.66. The van der Waals surface area contributed by atoms with Gasteiger partial charge in [0.1, 0.15) is 0 Å². The number of hydrogen-bond acceptors (Lipinski definition) is 2. The summed E-state index contributed by atoms with van der Waals surface area (Å²) in [7, 11) is 3.62. The van der Waals surface area contributed by atoms with E-state index in [1.165, 1.54) is 0 Å². The zero-order valence-corrected chi connectivity index (χ0v) is 16.2. The summed E-state index contributed by atoms with van der Waals surface area (Å²) < 4.78 is 0. The number of carbonyl (C=O) groups is 1. The van der Waals surface area contributed by atoms with Crippen LogP contribution in [0.25, 0.3) is 0 Å². The molecule has 1 amide bonds. The second-order valence-electron chi connectivity index (χ2n) is 5.94. The first-order valence-corrected chi connectivity index (χ1v) is 8.96. The van der Waals surface area contributed by atoms with Crippen LogP contribution in [0.2, 0.25) is 5.02 Å². The molecule has 2 rings (SSSR count). The Hall–Kier alpha value is -2.53. The molecule has 0 heterocycles. The van der Waals surface area contributed by atoms with E-state index in [1.54, 1.807) is 13.1 Å². The fourth-order valence-electron chi connectivity index (χ4n) is 2.58. The normalized spacial score (nSPS) is 11.2. The van der Waals surface area contributed by atoms with E-state index in [2.05, 4.69) is 15.5 Å². The monoisotopic (exact) mass is 372 g/mol. The minimum atomic E-state index is -0.0965. The van der Waals surface area contributed by atoms with Crippen LogP contribution in [0, 0.1) is 0 Å². The average molecular weight is 373 g/mol. The highest BCUT2D eigenvalue weighted by atomic mass is 35.5. The van der Waals surface area contributed by atoms with Crippen molar-refractivity contribution in [1.82, 2.24) is 15.5 Å². The first-order valence-electron chi connectivity index (χ1n) is 8.58. The Morgan fingerprint density at radius 1 is 1.15 bits per heavy atom. The molecule has 0 atom stereocenters.